The summed E-state index contributed by atoms with van der Waals surface area (Å²) in [5.74, 6) is -1.19. The number of likely N-dealkylation sites (tertiary alicyclic amines) is 1. The Morgan fingerprint density at radius 3 is 2.67 bits per heavy atom. The number of aliphatic carboxylic acids is 1. The van der Waals surface area contributed by atoms with Crippen molar-refractivity contribution >= 4 is 11.9 Å². The standard InChI is InChI=1S/C20H25N3O4/c1-12-13(2)21-22-17(12)8-9-19(24)23-10-15(16(11-23)20(25)26)14-6-4-5-7-18(14)27-3/h4-7,15-16H,8-11H2,1-3H3,(H,21,22)(H,25,26)/t15-,16+/m1/s1. The zero-order valence-electron chi connectivity index (χ0n) is 15.9. The number of carbonyl (C=O) groups excluding carboxylic acids is 1. The van der Waals surface area contributed by atoms with Crippen LogP contribution in [-0.4, -0.2) is 52.3 Å². The number of para-hydroxylation sites is 1. The highest BCUT2D eigenvalue weighted by Crippen LogP contribution is 2.37. The van der Waals surface area contributed by atoms with Gasteiger partial charge in [-0.2, -0.15) is 5.10 Å². The monoisotopic (exact) mass is 371 g/mol. The normalized spacial score (nSPS) is 19.3. The van der Waals surface area contributed by atoms with Gasteiger partial charge in [0.2, 0.25) is 5.91 Å². The number of amides is 1. The van der Waals surface area contributed by atoms with Crippen LogP contribution in [0.2, 0.25) is 0 Å². The van der Waals surface area contributed by atoms with Gasteiger partial charge >= 0.3 is 5.97 Å². The van der Waals surface area contributed by atoms with Crippen LogP contribution in [0.1, 0.15) is 34.9 Å². The molecule has 1 aliphatic rings. The molecule has 7 heteroatoms. The third-order valence-electron chi connectivity index (χ3n) is 5.46. The van der Waals surface area contributed by atoms with Gasteiger partial charge in [0.1, 0.15) is 5.75 Å². The van der Waals surface area contributed by atoms with Crippen molar-refractivity contribution in [3.63, 3.8) is 0 Å². The van der Waals surface area contributed by atoms with Gasteiger partial charge in [-0.1, -0.05) is 18.2 Å². The predicted molar refractivity (Wildman–Crippen MR) is 99.8 cm³/mol. The van der Waals surface area contributed by atoms with Crippen LogP contribution in [0.4, 0.5) is 0 Å². The summed E-state index contributed by atoms with van der Waals surface area (Å²) in [7, 11) is 1.57. The molecular formula is C20H25N3O4. The molecule has 1 fully saturated rings. The summed E-state index contributed by atoms with van der Waals surface area (Å²) in [6, 6.07) is 7.42. The van der Waals surface area contributed by atoms with E-state index in [-0.39, 0.29) is 18.4 Å². The molecule has 1 saturated heterocycles. The van der Waals surface area contributed by atoms with Crippen molar-refractivity contribution in [3.8, 4) is 5.75 Å². The number of carbonyl (C=O) groups is 2. The summed E-state index contributed by atoms with van der Waals surface area (Å²) in [6.45, 7) is 4.53. The first-order valence-electron chi connectivity index (χ1n) is 9.06. The smallest absolute Gasteiger partial charge is 0.308 e. The third kappa shape index (κ3) is 3.82. The maximum Gasteiger partial charge on any atom is 0.308 e. The Morgan fingerprint density at radius 1 is 1.30 bits per heavy atom. The second-order valence-corrected chi connectivity index (χ2v) is 7.01. The Balaban J connectivity index is 1.73. The van der Waals surface area contributed by atoms with E-state index < -0.39 is 11.9 Å². The van der Waals surface area contributed by atoms with Gasteiger partial charge in [0.15, 0.2) is 0 Å². The SMILES string of the molecule is COc1ccccc1[C@H]1CN(C(=O)CCc2n[nH]c(C)c2C)C[C@@H]1C(=O)O. The highest BCUT2D eigenvalue weighted by molar-refractivity contribution is 5.80. The number of hydrogen-bond acceptors (Lipinski definition) is 4. The van der Waals surface area contributed by atoms with Gasteiger partial charge in [-0.3, -0.25) is 14.7 Å². The molecule has 0 aliphatic carbocycles. The molecule has 1 aromatic carbocycles. The lowest BCUT2D eigenvalue weighted by Crippen LogP contribution is -2.30. The first kappa shape index (κ1) is 18.9. The van der Waals surface area contributed by atoms with Crippen LogP contribution in [0, 0.1) is 19.8 Å². The molecule has 1 aromatic heterocycles. The number of rotatable bonds is 6. The Hall–Kier alpha value is -2.83. The van der Waals surface area contributed by atoms with Crippen LogP contribution in [0.15, 0.2) is 24.3 Å². The zero-order chi connectivity index (χ0) is 19.6. The van der Waals surface area contributed by atoms with E-state index in [1.54, 1.807) is 12.0 Å². The van der Waals surface area contributed by atoms with Gasteiger partial charge in [0.05, 0.1) is 18.7 Å². The van der Waals surface area contributed by atoms with E-state index >= 15 is 0 Å². The van der Waals surface area contributed by atoms with Crippen LogP contribution < -0.4 is 4.74 Å². The molecule has 2 N–H and O–H groups in total. The van der Waals surface area contributed by atoms with Crippen LogP contribution in [0.3, 0.4) is 0 Å². The van der Waals surface area contributed by atoms with Crippen LogP contribution in [-0.2, 0) is 16.0 Å². The van der Waals surface area contributed by atoms with Crippen molar-refractivity contribution in [1.29, 1.82) is 0 Å². The van der Waals surface area contributed by atoms with Crippen molar-refractivity contribution in [3.05, 3.63) is 46.8 Å². The molecule has 0 radical (unpaired) electrons. The van der Waals surface area contributed by atoms with Gasteiger partial charge in [0.25, 0.3) is 0 Å². The Morgan fingerprint density at radius 2 is 2.04 bits per heavy atom. The molecule has 7 nitrogen and oxygen atoms in total. The number of ether oxygens (including phenoxy) is 1. The highest BCUT2D eigenvalue weighted by Gasteiger charge is 2.41. The summed E-state index contributed by atoms with van der Waals surface area (Å²) in [5.41, 5.74) is 3.79. The molecule has 0 spiro atoms. The number of nitrogens with one attached hydrogen (secondary N) is 1. The number of aryl methyl sites for hydroxylation is 2. The molecule has 2 atom stereocenters. The first-order chi connectivity index (χ1) is 12.9. The average molecular weight is 371 g/mol. The van der Waals surface area contributed by atoms with Gasteiger partial charge in [-0.25, -0.2) is 0 Å². The van der Waals surface area contributed by atoms with E-state index in [0.29, 0.717) is 25.1 Å². The Bertz CT molecular complexity index is 846. The number of hydrogen-bond donors (Lipinski definition) is 2. The number of aromatic amines is 1. The van der Waals surface area contributed by atoms with Crippen molar-refractivity contribution in [2.24, 2.45) is 5.92 Å². The van der Waals surface area contributed by atoms with E-state index in [4.69, 9.17) is 4.74 Å². The second kappa shape index (κ2) is 7.82. The zero-order valence-corrected chi connectivity index (χ0v) is 15.9. The average Bonchev–Trinajstić information content (AvgIpc) is 3.25. The Labute approximate surface area is 158 Å². The van der Waals surface area contributed by atoms with Crippen molar-refractivity contribution in [2.45, 2.75) is 32.6 Å². The van der Waals surface area contributed by atoms with Crippen molar-refractivity contribution in [1.82, 2.24) is 15.1 Å². The fraction of sp³-hybridized carbons (Fsp3) is 0.450. The summed E-state index contributed by atoms with van der Waals surface area (Å²) in [4.78, 5) is 26.1. The molecule has 1 aliphatic heterocycles. The fourth-order valence-electron chi connectivity index (χ4n) is 3.71. The molecule has 2 aromatic rings. The number of methoxy groups -OCH3 is 1. The Kier molecular flexibility index (Phi) is 5.48. The minimum atomic E-state index is -0.889. The molecule has 1 amide bonds. The number of aromatic nitrogens is 2. The molecule has 0 bridgehead atoms. The van der Waals surface area contributed by atoms with Gasteiger partial charge in [0, 0.05) is 37.5 Å². The topological polar surface area (TPSA) is 95.5 Å². The minimum Gasteiger partial charge on any atom is -0.496 e. The lowest BCUT2D eigenvalue weighted by molar-refractivity contribution is -0.141. The molecule has 27 heavy (non-hydrogen) atoms. The van der Waals surface area contributed by atoms with E-state index in [9.17, 15) is 14.7 Å². The third-order valence-corrected chi connectivity index (χ3v) is 5.46. The number of carboxylic acids is 1. The molecule has 144 valence electrons. The summed E-state index contributed by atoms with van der Waals surface area (Å²) >= 11 is 0. The van der Waals surface area contributed by atoms with E-state index in [2.05, 4.69) is 10.2 Å². The predicted octanol–water partition coefficient (Wildman–Crippen LogP) is 2.29. The number of nitrogens with zero attached hydrogens (tertiary/aromatic N) is 2. The lowest BCUT2D eigenvalue weighted by Gasteiger charge is -2.18. The van der Waals surface area contributed by atoms with E-state index in [1.807, 2.05) is 38.1 Å². The van der Waals surface area contributed by atoms with Crippen LogP contribution >= 0.6 is 0 Å². The summed E-state index contributed by atoms with van der Waals surface area (Å²) in [5, 5.41) is 16.8. The quantitative estimate of drug-likeness (QED) is 0.812. The van der Waals surface area contributed by atoms with Crippen LogP contribution in [0.25, 0.3) is 0 Å². The van der Waals surface area contributed by atoms with Crippen molar-refractivity contribution in [2.75, 3.05) is 20.2 Å². The van der Waals surface area contributed by atoms with Gasteiger partial charge in [-0.15, -0.1) is 0 Å². The maximum atomic E-state index is 12.7. The number of benzene rings is 1. The van der Waals surface area contributed by atoms with Crippen LogP contribution in [0.5, 0.6) is 5.75 Å². The number of H-pyrrole nitrogens is 1. The van der Waals surface area contributed by atoms with E-state index in [1.165, 1.54) is 0 Å². The summed E-state index contributed by atoms with van der Waals surface area (Å²) in [6.07, 6.45) is 0.860. The number of carboxylic acid groups (broad SMARTS) is 1. The van der Waals surface area contributed by atoms with Gasteiger partial charge < -0.3 is 14.7 Å². The first-order valence-corrected chi connectivity index (χ1v) is 9.06. The van der Waals surface area contributed by atoms with Crippen molar-refractivity contribution < 1.29 is 19.4 Å². The molecule has 0 unspecified atom stereocenters. The van der Waals surface area contributed by atoms with E-state index in [0.717, 1.165) is 22.5 Å². The minimum absolute atomic E-state index is 0.0429. The molecule has 3 rings (SSSR count). The van der Waals surface area contributed by atoms with Gasteiger partial charge in [-0.05, 0) is 31.0 Å². The summed E-state index contributed by atoms with van der Waals surface area (Å²) < 4.78 is 5.39. The lowest BCUT2D eigenvalue weighted by atomic mass is 9.88. The largest absolute Gasteiger partial charge is 0.496 e. The second-order valence-electron chi connectivity index (χ2n) is 7.01. The fourth-order valence-corrected chi connectivity index (χ4v) is 3.71. The molecular weight excluding hydrogens is 346 g/mol. The maximum absolute atomic E-state index is 12.7. The highest BCUT2D eigenvalue weighted by atomic mass is 16.5. The molecule has 0 saturated carbocycles. The molecule has 2 heterocycles.